The molecular formula is C30H65NaO7S. The van der Waals surface area contributed by atoms with E-state index in [0.717, 1.165) is 38.9 Å². The number of ether oxygens (including phenoxy) is 1. The Bertz CT molecular complexity index is 371. The number of aliphatic hydroxyl groups excluding tert-OH is 2. The summed E-state index contributed by atoms with van der Waals surface area (Å²) < 4.78 is 39.5. The largest absolute Gasteiger partial charge is 1.00 e. The maximum absolute atomic E-state index is 10.1. The van der Waals surface area contributed by atoms with Crippen molar-refractivity contribution in [3.8, 4) is 0 Å². The smallest absolute Gasteiger partial charge is 0.726 e. The van der Waals surface area contributed by atoms with Crippen LogP contribution >= 0.6 is 0 Å². The second-order valence-corrected chi connectivity index (χ2v) is 5.39. The van der Waals surface area contributed by atoms with Gasteiger partial charge >= 0.3 is 29.6 Å². The monoisotopic (exact) mass is 592 g/mol. The summed E-state index contributed by atoms with van der Waals surface area (Å²) in [6.45, 7) is 57.5. The number of unbranched alkanes of at least 4 members (excludes halogenated alkanes) is 1. The average Bonchev–Trinajstić information content (AvgIpc) is 3.02. The maximum atomic E-state index is 10.1. The normalized spacial score (nSPS) is 7.46. The minimum Gasteiger partial charge on any atom is -0.726 e. The van der Waals surface area contributed by atoms with Crippen molar-refractivity contribution in [2.75, 3.05) is 33.0 Å². The molecule has 0 spiro atoms. The van der Waals surface area contributed by atoms with Crippen LogP contribution in [0.15, 0.2) is 105 Å². The summed E-state index contributed by atoms with van der Waals surface area (Å²) in [5.74, 6) is 0.184. The van der Waals surface area contributed by atoms with Crippen LogP contribution in [-0.4, -0.2) is 56.2 Å². The van der Waals surface area contributed by atoms with E-state index < -0.39 is 10.4 Å². The fraction of sp³-hybridized carbons (Fsp3) is 0.467. The fourth-order valence-electron chi connectivity index (χ4n) is 1.28. The van der Waals surface area contributed by atoms with Gasteiger partial charge in [0, 0.05) is 13.2 Å². The van der Waals surface area contributed by atoms with Crippen LogP contribution in [0.25, 0.3) is 0 Å². The van der Waals surface area contributed by atoms with Gasteiger partial charge in [-0.3, -0.25) is 4.18 Å². The molecule has 0 heterocycles. The molecule has 0 fully saturated rings. The number of rotatable bonds is 10. The zero-order valence-electron chi connectivity index (χ0n) is 26.6. The third-order valence-electron chi connectivity index (χ3n) is 2.50. The number of hydrogen-bond donors (Lipinski definition) is 2. The molecule has 0 radical (unpaired) electrons. The molecule has 9 heteroatoms. The van der Waals surface area contributed by atoms with E-state index in [9.17, 15) is 13.0 Å². The van der Waals surface area contributed by atoms with E-state index in [0.29, 0.717) is 0 Å². The summed E-state index contributed by atoms with van der Waals surface area (Å²) in [6.07, 6.45) is 3.87. The van der Waals surface area contributed by atoms with Crippen molar-refractivity contribution in [2.45, 2.75) is 53.4 Å². The van der Waals surface area contributed by atoms with Crippen LogP contribution in [0, 0.1) is 5.92 Å². The van der Waals surface area contributed by atoms with Crippen LogP contribution in [0.2, 0.25) is 0 Å². The molecule has 0 aromatic rings. The van der Waals surface area contributed by atoms with Crippen molar-refractivity contribution in [1.29, 1.82) is 0 Å². The van der Waals surface area contributed by atoms with Crippen LogP contribution in [-0.2, 0) is 19.3 Å². The molecule has 234 valence electrons. The van der Waals surface area contributed by atoms with Crippen molar-refractivity contribution in [3.05, 3.63) is 105 Å². The Morgan fingerprint density at radius 2 is 0.949 bits per heavy atom. The Labute approximate surface area is 268 Å². The topological polar surface area (TPSA) is 116 Å². The van der Waals surface area contributed by atoms with Crippen molar-refractivity contribution >= 4 is 10.4 Å². The van der Waals surface area contributed by atoms with Gasteiger partial charge in [-0.25, -0.2) is 8.42 Å². The third kappa shape index (κ3) is 236. The van der Waals surface area contributed by atoms with Crippen molar-refractivity contribution < 1.29 is 61.7 Å². The van der Waals surface area contributed by atoms with E-state index in [2.05, 4.69) is 116 Å². The number of hydrogen-bond acceptors (Lipinski definition) is 7. The minimum atomic E-state index is -4.50. The first-order valence-corrected chi connectivity index (χ1v) is 13.1. The Morgan fingerprint density at radius 3 is 1.08 bits per heavy atom. The molecule has 1 unspecified atom stereocenters. The van der Waals surface area contributed by atoms with Gasteiger partial charge in [-0.15, -0.1) is 105 Å². The molecule has 0 saturated carbocycles. The third-order valence-corrected chi connectivity index (χ3v) is 2.92. The summed E-state index contributed by atoms with van der Waals surface area (Å²) in [7, 11) is -4.50. The van der Waals surface area contributed by atoms with Crippen LogP contribution < -0.4 is 29.6 Å². The van der Waals surface area contributed by atoms with Crippen LogP contribution in [0.5, 0.6) is 0 Å². The SMILES string of the molecule is C=C.C=C.C=C.C=C.C=C.C=C.C=C.C=C.CCCCC(CC)COS(=O)(=O)[O-].CCOCC.OCCO.[Na+]. The Morgan fingerprint density at radius 1 is 0.667 bits per heavy atom. The van der Waals surface area contributed by atoms with Crippen LogP contribution in [0.3, 0.4) is 0 Å². The van der Waals surface area contributed by atoms with Gasteiger partial charge < -0.3 is 19.5 Å². The molecule has 0 aliphatic heterocycles. The van der Waals surface area contributed by atoms with Crippen molar-refractivity contribution in [1.82, 2.24) is 0 Å². The molecule has 7 nitrogen and oxygen atoms in total. The minimum absolute atomic E-state index is 0. The van der Waals surface area contributed by atoms with Gasteiger partial charge in [0.25, 0.3) is 0 Å². The van der Waals surface area contributed by atoms with Gasteiger partial charge in [0.15, 0.2) is 0 Å². The van der Waals surface area contributed by atoms with Crippen molar-refractivity contribution in [3.63, 3.8) is 0 Å². The van der Waals surface area contributed by atoms with E-state index in [1.165, 1.54) is 0 Å². The molecule has 0 aliphatic carbocycles. The van der Waals surface area contributed by atoms with Gasteiger partial charge in [-0.05, 0) is 26.2 Å². The molecule has 0 saturated heterocycles. The predicted octanol–water partition coefficient (Wildman–Crippen LogP) is 5.12. The van der Waals surface area contributed by atoms with E-state index >= 15 is 0 Å². The molecule has 0 aliphatic rings. The molecule has 39 heavy (non-hydrogen) atoms. The summed E-state index contributed by atoms with van der Waals surface area (Å²) >= 11 is 0. The van der Waals surface area contributed by atoms with Gasteiger partial charge in [0.2, 0.25) is 10.4 Å². The maximum Gasteiger partial charge on any atom is 1.00 e. The van der Waals surface area contributed by atoms with E-state index in [4.69, 9.17) is 14.9 Å². The Hall–Kier alpha value is -1.33. The zero-order chi connectivity index (χ0) is 33.9. The van der Waals surface area contributed by atoms with Crippen LogP contribution in [0.1, 0.15) is 53.4 Å². The first kappa shape index (κ1) is 76.9. The van der Waals surface area contributed by atoms with Crippen LogP contribution in [0.4, 0.5) is 0 Å². The standard InChI is InChI=1S/C8H18O4S.C4H10O.C2H6O2.8C2H4.Na/c1-3-5-6-8(4-2)7-12-13(9,10)11;1-3-5-4-2;3-1-2-4;8*1-2;/h8H,3-7H2,1-2H3,(H,9,10,11);3-4H2,1-2H3;3-4H,1-2H2;8*1-2H2;/q;;;;;;;;;;;+1/p-1. The number of aliphatic hydroxyl groups is 2. The van der Waals surface area contributed by atoms with Gasteiger partial charge in [-0.1, -0.05) is 33.1 Å². The summed E-state index contributed by atoms with van der Waals surface area (Å²) in [4.78, 5) is 0. The van der Waals surface area contributed by atoms with Crippen molar-refractivity contribution in [2.24, 2.45) is 5.92 Å². The zero-order valence-corrected chi connectivity index (χ0v) is 29.4. The molecular weight excluding hydrogens is 527 g/mol. The van der Waals surface area contributed by atoms with Gasteiger partial charge in [0.05, 0.1) is 19.8 Å². The second kappa shape index (κ2) is 134. The Kier molecular flexibility index (Phi) is 264. The fourth-order valence-corrected chi connectivity index (χ4v) is 1.64. The van der Waals surface area contributed by atoms with E-state index in [-0.39, 0.29) is 55.3 Å². The Balaban J connectivity index is -0.0000000238. The van der Waals surface area contributed by atoms with Gasteiger partial charge in [0.1, 0.15) is 0 Å². The molecule has 0 bridgehead atoms. The van der Waals surface area contributed by atoms with E-state index in [1.807, 2.05) is 20.8 Å². The summed E-state index contributed by atoms with van der Waals surface area (Å²) in [5, 5.41) is 15.2. The summed E-state index contributed by atoms with van der Waals surface area (Å²) in [5.41, 5.74) is 0. The molecule has 0 amide bonds. The molecule has 0 aromatic heterocycles. The average molecular weight is 593 g/mol. The van der Waals surface area contributed by atoms with E-state index in [1.54, 1.807) is 0 Å². The molecule has 0 rings (SSSR count). The quantitative estimate of drug-likeness (QED) is 0.157. The first-order valence-electron chi connectivity index (χ1n) is 11.7. The van der Waals surface area contributed by atoms with Gasteiger partial charge in [-0.2, -0.15) is 0 Å². The molecule has 0 aromatic carbocycles. The molecule has 2 N–H and O–H groups in total. The molecule has 1 atom stereocenters. The first-order chi connectivity index (χ1) is 18.3. The second-order valence-electron chi connectivity index (χ2n) is 4.34. The summed E-state index contributed by atoms with van der Waals surface area (Å²) in [6, 6.07) is 0. The predicted molar refractivity (Wildman–Crippen MR) is 175 cm³/mol.